The number of aromatic nitrogens is 4. The molecule has 10 heteroatoms. The largest absolute Gasteiger partial charge is 0.394 e. The summed E-state index contributed by atoms with van der Waals surface area (Å²) in [6, 6.07) is 8.65. The van der Waals surface area contributed by atoms with Crippen LogP contribution >= 0.6 is 0 Å². The van der Waals surface area contributed by atoms with Crippen LogP contribution in [-0.4, -0.2) is 65.7 Å². The standard InChI is InChI=1S/C17H17N5O5/c23-6-10-12(24)13(25)17(27-10)22-8-20-11-14(18-7-19-15(11)22)21-16(26)9-4-2-1-3-5-9/h1-5,7-8,10,12-13,17,23-25H,6H2,(H,18,19,21,26)/t10-,12-,13-,17-/m1/s1/i18+1,21+1. The molecule has 1 saturated heterocycles. The number of carbonyl (C=O) groups is 1. The Morgan fingerprint density at radius 3 is 2.63 bits per heavy atom. The number of ether oxygens (including phenoxy) is 1. The van der Waals surface area contributed by atoms with E-state index in [4.69, 9.17) is 4.74 Å². The van der Waals surface area contributed by atoms with Crippen molar-refractivity contribution in [3.8, 4) is 0 Å². The van der Waals surface area contributed by atoms with Crippen molar-refractivity contribution in [3.63, 3.8) is 0 Å². The van der Waals surface area contributed by atoms with Gasteiger partial charge in [0.05, 0.1) is 12.9 Å². The quantitative estimate of drug-likeness (QED) is 0.456. The fraction of sp³-hybridized carbons (Fsp3) is 0.294. The highest BCUT2D eigenvalue weighted by Crippen LogP contribution is 2.32. The maximum absolute atomic E-state index is 12.4. The van der Waals surface area contributed by atoms with Gasteiger partial charge in [-0.15, -0.1) is 0 Å². The molecule has 4 N–H and O–H groups in total. The van der Waals surface area contributed by atoms with Crippen molar-refractivity contribution >= 4 is 22.9 Å². The summed E-state index contributed by atoms with van der Waals surface area (Å²) in [7, 11) is 0. The zero-order chi connectivity index (χ0) is 19.0. The van der Waals surface area contributed by atoms with Crippen LogP contribution in [0.2, 0.25) is 0 Å². The number of nitrogens with zero attached hydrogens (tertiary/aromatic N) is 4. The SMILES string of the molecule is O=C([15NH]c1[15n]cnc2c1ncn2[C@@H]1O[C@H](CO)[C@@H](O)[C@H]1O)c1ccccc1. The van der Waals surface area contributed by atoms with Crippen molar-refractivity contribution in [1.29, 1.82) is 0 Å². The molecule has 0 saturated carbocycles. The second-order valence-corrected chi connectivity index (χ2v) is 6.10. The first-order valence-corrected chi connectivity index (χ1v) is 8.26. The zero-order valence-electron chi connectivity index (χ0n) is 14.0. The van der Waals surface area contributed by atoms with Crippen molar-refractivity contribution in [3.05, 3.63) is 48.5 Å². The van der Waals surface area contributed by atoms with Gasteiger partial charge in [0.1, 0.15) is 24.6 Å². The molecule has 1 aliphatic rings. The number of amides is 1. The molecule has 10 nitrogen and oxygen atoms in total. The van der Waals surface area contributed by atoms with Crippen LogP contribution in [0.3, 0.4) is 0 Å². The lowest BCUT2D eigenvalue weighted by Crippen LogP contribution is -2.33. The smallest absolute Gasteiger partial charge is 0.256 e. The molecule has 140 valence electrons. The molecule has 0 bridgehead atoms. The number of carbonyl (C=O) groups excluding carboxylic acids is 1. The molecule has 0 spiro atoms. The van der Waals surface area contributed by atoms with E-state index < -0.39 is 31.1 Å². The second-order valence-electron chi connectivity index (χ2n) is 6.10. The number of imidazole rings is 1. The molecule has 0 unspecified atom stereocenters. The van der Waals surface area contributed by atoms with Gasteiger partial charge in [-0.3, -0.25) is 9.36 Å². The molecule has 1 aliphatic heterocycles. The molecule has 4 rings (SSSR count). The van der Waals surface area contributed by atoms with Gasteiger partial charge in [-0.05, 0) is 12.1 Å². The third-order valence-corrected chi connectivity index (χ3v) is 4.42. The molecule has 0 radical (unpaired) electrons. The predicted octanol–water partition coefficient (Wildman–Crippen LogP) is -0.310. The Kier molecular flexibility index (Phi) is 4.54. The average molecular weight is 373 g/mol. The van der Waals surface area contributed by atoms with Crippen LogP contribution in [0.4, 0.5) is 5.82 Å². The lowest BCUT2D eigenvalue weighted by molar-refractivity contribution is -0.0511. The maximum atomic E-state index is 12.4. The number of nitrogens with one attached hydrogen (secondary N) is 1. The summed E-state index contributed by atoms with van der Waals surface area (Å²) in [6.07, 6.45) is -1.77. The van der Waals surface area contributed by atoms with Gasteiger partial charge in [0.25, 0.3) is 5.91 Å². The summed E-state index contributed by atoms with van der Waals surface area (Å²) in [6.45, 7) is -0.436. The Hall–Kier alpha value is -2.92. The van der Waals surface area contributed by atoms with Crippen LogP contribution in [0.5, 0.6) is 0 Å². The fourth-order valence-electron chi connectivity index (χ4n) is 3.01. The number of benzene rings is 1. The average Bonchev–Trinajstić information content (AvgIpc) is 3.25. The van der Waals surface area contributed by atoms with E-state index in [1.54, 1.807) is 24.3 Å². The van der Waals surface area contributed by atoms with Crippen LogP contribution in [0, 0.1) is 0 Å². The lowest BCUT2D eigenvalue weighted by atomic mass is 10.1. The number of hydrogen-bond donors (Lipinski definition) is 4. The van der Waals surface area contributed by atoms with E-state index in [0.29, 0.717) is 16.7 Å². The summed E-state index contributed by atoms with van der Waals surface area (Å²) in [5.41, 5.74) is 1.08. The summed E-state index contributed by atoms with van der Waals surface area (Å²) < 4.78 is 6.93. The zero-order valence-corrected chi connectivity index (χ0v) is 14.0. The van der Waals surface area contributed by atoms with Crippen molar-refractivity contribution in [2.24, 2.45) is 0 Å². The molecule has 1 amide bonds. The molecular weight excluding hydrogens is 356 g/mol. The van der Waals surface area contributed by atoms with E-state index >= 15 is 0 Å². The number of rotatable bonds is 4. The highest BCUT2D eigenvalue weighted by molar-refractivity contribution is 6.06. The van der Waals surface area contributed by atoms with Crippen LogP contribution in [0.15, 0.2) is 43.0 Å². The second kappa shape index (κ2) is 7.00. The third kappa shape index (κ3) is 3.04. The lowest BCUT2D eigenvalue weighted by Gasteiger charge is -2.16. The van der Waals surface area contributed by atoms with Crippen LogP contribution in [0.1, 0.15) is 16.6 Å². The van der Waals surface area contributed by atoms with Gasteiger partial charge in [-0.2, -0.15) is 0 Å². The van der Waals surface area contributed by atoms with E-state index in [1.807, 2.05) is 6.07 Å². The van der Waals surface area contributed by atoms with Gasteiger partial charge in [0, 0.05) is 5.56 Å². The number of aliphatic hydroxyl groups is 3. The van der Waals surface area contributed by atoms with Gasteiger partial charge in [-0.1, -0.05) is 18.2 Å². The molecule has 27 heavy (non-hydrogen) atoms. The summed E-state index contributed by atoms with van der Waals surface area (Å²) >= 11 is 0. The third-order valence-electron chi connectivity index (χ3n) is 4.42. The minimum atomic E-state index is -1.27. The number of fused-ring (bicyclic) bond motifs is 1. The number of aliphatic hydroxyl groups excluding tert-OH is 3. The van der Waals surface area contributed by atoms with Gasteiger partial charge in [-0.25, -0.2) is 15.0 Å². The molecule has 1 aromatic carbocycles. The summed E-state index contributed by atoms with van der Waals surface area (Å²) in [4.78, 5) is 24.8. The van der Waals surface area contributed by atoms with Crippen LogP contribution < -0.4 is 5.32 Å². The Bertz CT molecular complexity index is 963. The van der Waals surface area contributed by atoms with Gasteiger partial charge >= 0.3 is 0 Å². The topological polar surface area (TPSA) is 143 Å². The first-order chi connectivity index (χ1) is 13.1. The van der Waals surface area contributed by atoms with Crippen molar-refractivity contribution in [2.75, 3.05) is 11.9 Å². The molecule has 1 fully saturated rings. The van der Waals surface area contributed by atoms with Gasteiger partial charge in [0.2, 0.25) is 0 Å². The van der Waals surface area contributed by atoms with E-state index in [2.05, 4.69) is 20.3 Å². The highest BCUT2D eigenvalue weighted by atomic mass is 16.6. The van der Waals surface area contributed by atoms with E-state index in [0.717, 1.165) is 0 Å². The maximum Gasteiger partial charge on any atom is 0.256 e. The Morgan fingerprint density at radius 2 is 1.93 bits per heavy atom. The predicted molar refractivity (Wildman–Crippen MR) is 92.7 cm³/mol. The number of anilines is 1. The molecule has 2 aromatic heterocycles. The summed E-state index contributed by atoms with van der Waals surface area (Å²) in [5, 5.41) is 32.1. The Morgan fingerprint density at radius 1 is 1.15 bits per heavy atom. The Labute approximate surface area is 153 Å². The fourth-order valence-corrected chi connectivity index (χ4v) is 3.01. The molecule has 4 atom stereocenters. The van der Waals surface area contributed by atoms with Crippen LogP contribution in [-0.2, 0) is 4.74 Å². The number of hydrogen-bond acceptors (Lipinski definition) is 8. The first-order valence-electron chi connectivity index (χ1n) is 8.26. The molecule has 0 aliphatic carbocycles. The molecule has 3 aromatic rings. The first kappa shape index (κ1) is 17.5. The van der Waals surface area contributed by atoms with Crippen molar-refractivity contribution in [2.45, 2.75) is 24.5 Å². The van der Waals surface area contributed by atoms with E-state index in [-0.39, 0.29) is 11.7 Å². The van der Waals surface area contributed by atoms with Gasteiger partial charge in [0.15, 0.2) is 23.2 Å². The minimum Gasteiger partial charge on any atom is -0.394 e. The minimum absolute atomic E-state index is 0.208. The van der Waals surface area contributed by atoms with Crippen LogP contribution in [0.25, 0.3) is 11.2 Å². The monoisotopic (exact) mass is 373 g/mol. The van der Waals surface area contributed by atoms with Crippen molar-refractivity contribution < 1.29 is 24.9 Å². The van der Waals surface area contributed by atoms with E-state index in [9.17, 15) is 20.1 Å². The molecular formula is C17H17N5O5. The summed E-state index contributed by atoms with van der Waals surface area (Å²) in [5.74, 6) is -0.141. The normalized spacial score (nSPS) is 25.0. The van der Waals surface area contributed by atoms with Gasteiger partial charge < -0.3 is 25.4 Å². The van der Waals surface area contributed by atoms with Crippen molar-refractivity contribution in [1.82, 2.24) is 19.5 Å². The highest BCUT2D eigenvalue weighted by Gasteiger charge is 2.44. The Balaban J connectivity index is 1.65. The van der Waals surface area contributed by atoms with E-state index in [1.165, 1.54) is 17.2 Å². The molecule has 3 heterocycles.